The maximum atomic E-state index is 4.38. The van der Waals surface area contributed by atoms with Gasteiger partial charge in [-0.15, -0.1) is 0 Å². The predicted molar refractivity (Wildman–Crippen MR) is 51.0 cm³/mol. The molecule has 1 nitrogen and oxygen atoms in total. The number of nitrogens with zero attached hydrogens (tertiary/aromatic N) is 1. The first-order chi connectivity index (χ1) is 5.90. The first kappa shape index (κ1) is 7.53. The SMILES string of the molecule is CCc1cc2c(cn1)CCC=C2. The van der Waals surface area contributed by atoms with Crippen molar-refractivity contribution in [1.29, 1.82) is 0 Å². The summed E-state index contributed by atoms with van der Waals surface area (Å²) >= 11 is 0. The summed E-state index contributed by atoms with van der Waals surface area (Å²) < 4.78 is 0. The third kappa shape index (κ3) is 1.27. The average molecular weight is 159 g/mol. The molecule has 0 spiro atoms. The van der Waals surface area contributed by atoms with Gasteiger partial charge in [0.25, 0.3) is 0 Å². The standard InChI is InChI=1S/C11H13N/c1-2-11-7-9-5-3-4-6-10(9)8-12-11/h3,5,7-8H,2,4,6H2,1H3. The largest absolute Gasteiger partial charge is 0.261 e. The van der Waals surface area contributed by atoms with Crippen LogP contribution in [0.5, 0.6) is 0 Å². The fraction of sp³-hybridized carbons (Fsp3) is 0.364. The van der Waals surface area contributed by atoms with Crippen LogP contribution >= 0.6 is 0 Å². The van der Waals surface area contributed by atoms with E-state index in [9.17, 15) is 0 Å². The zero-order chi connectivity index (χ0) is 8.39. The minimum absolute atomic E-state index is 1.03. The highest BCUT2D eigenvalue weighted by Crippen LogP contribution is 2.18. The monoisotopic (exact) mass is 159 g/mol. The highest BCUT2D eigenvalue weighted by Gasteiger charge is 2.04. The lowest BCUT2D eigenvalue weighted by Crippen LogP contribution is -1.97. The molecule has 1 heteroatoms. The van der Waals surface area contributed by atoms with E-state index in [4.69, 9.17) is 0 Å². The maximum absolute atomic E-state index is 4.38. The molecule has 2 rings (SSSR count). The van der Waals surface area contributed by atoms with Gasteiger partial charge in [0.05, 0.1) is 0 Å². The first-order valence-corrected chi connectivity index (χ1v) is 4.54. The van der Waals surface area contributed by atoms with E-state index in [1.807, 2.05) is 6.20 Å². The van der Waals surface area contributed by atoms with E-state index in [1.54, 1.807) is 0 Å². The molecular formula is C11H13N. The van der Waals surface area contributed by atoms with Crippen molar-refractivity contribution < 1.29 is 0 Å². The molecule has 0 aromatic carbocycles. The minimum atomic E-state index is 1.03. The first-order valence-electron chi connectivity index (χ1n) is 4.54. The molecule has 0 unspecified atom stereocenters. The quantitative estimate of drug-likeness (QED) is 0.613. The van der Waals surface area contributed by atoms with Crippen molar-refractivity contribution in [3.05, 3.63) is 35.2 Å². The van der Waals surface area contributed by atoms with Crippen molar-refractivity contribution in [2.24, 2.45) is 0 Å². The van der Waals surface area contributed by atoms with Gasteiger partial charge in [-0.2, -0.15) is 0 Å². The van der Waals surface area contributed by atoms with Crippen LogP contribution in [0, 0.1) is 0 Å². The summed E-state index contributed by atoms with van der Waals surface area (Å²) in [6.45, 7) is 2.14. The number of aryl methyl sites for hydroxylation is 2. The van der Waals surface area contributed by atoms with Gasteiger partial charge in [-0.3, -0.25) is 4.98 Å². The predicted octanol–water partition coefficient (Wildman–Crippen LogP) is 2.60. The summed E-state index contributed by atoms with van der Waals surface area (Å²) in [6.07, 6.45) is 9.82. The van der Waals surface area contributed by atoms with Crippen LogP contribution in [0.15, 0.2) is 18.3 Å². The van der Waals surface area contributed by atoms with E-state index in [2.05, 4.69) is 30.1 Å². The molecular weight excluding hydrogens is 146 g/mol. The lowest BCUT2D eigenvalue weighted by molar-refractivity contribution is 0.944. The zero-order valence-corrected chi connectivity index (χ0v) is 7.38. The van der Waals surface area contributed by atoms with Crippen LogP contribution in [-0.4, -0.2) is 4.98 Å². The Labute approximate surface area is 73.1 Å². The van der Waals surface area contributed by atoms with Gasteiger partial charge in [-0.05, 0) is 36.5 Å². The maximum Gasteiger partial charge on any atom is 0.0407 e. The van der Waals surface area contributed by atoms with Gasteiger partial charge in [0, 0.05) is 11.9 Å². The van der Waals surface area contributed by atoms with Crippen molar-refractivity contribution in [1.82, 2.24) is 4.98 Å². The van der Waals surface area contributed by atoms with Crippen molar-refractivity contribution in [2.45, 2.75) is 26.2 Å². The molecule has 0 saturated carbocycles. The summed E-state index contributed by atoms with van der Waals surface area (Å²) in [6, 6.07) is 2.20. The number of hydrogen-bond acceptors (Lipinski definition) is 1. The van der Waals surface area contributed by atoms with Crippen LogP contribution in [0.1, 0.15) is 30.2 Å². The molecule has 0 N–H and O–H groups in total. The Balaban J connectivity index is 2.44. The van der Waals surface area contributed by atoms with Crippen LogP contribution in [0.4, 0.5) is 0 Å². The summed E-state index contributed by atoms with van der Waals surface area (Å²) in [5.74, 6) is 0. The summed E-state index contributed by atoms with van der Waals surface area (Å²) in [7, 11) is 0. The lowest BCUT2D eigenvalue weighted by Gasteiger charge is -2.10. The number of pyridine rings is 1. The molecule has 1 aromatic rings. The van der Waals surface area contributed by atoms with Crippen LogP contribution in [0.3, 0.4) is 0 Å². The van der Waals surface area contributed by atoms with E-state index in [0.29, 0.717) is 0 Å². The van der Waals surface area contributed by atoms with Gasteiger partial charge in [0.15, 0.2) is 0 Å². The molecule has 0 aliphatic heterocycles. The van der Waals surface area contributed by atoms with Crippen LogP contribution in [0.2, 0.25) is 0 Å². The number of allylic oxidation sites excluding steroid dienone is 1. The van der Waals surface area contributed by atoms with E-state index >= 15 is 0 Å². The Kier molecular flexibility index (Phi) is 1.94. The fourth-order valence-corrected chi connectivity index (χ4v) is 1.55. The fourth-order valence-electron chi connectivity index (χ4n) is 1.55. The second kappa shape index (κ2) is 3.10. The molecule has 0 radical (unpaired) electrons. The van der Waals surface area contributed by atoms with Gasteiger partial charge in [-0.25, -0.2) is 0 Å². The number of aromatic nitrogens is 1. The highest BCUT2D eigenvalue weighted by molar-refractivity contribution is 5.55. The van der Waals surface area contributed by atoms with Gasteiger partial charge < -0.3 is 0 Å². The second-order valence-corrected chi connectivity index (χ2v) is 3.17. The van der Waals surface area contributed by atoms with Crippen molar-refractivity contribution in [2.75, 3.05) is 0 Å². The van der Waals surface area contributed by atoms with Crippen LogP contribution < -0.4 is 0 Å². The molecule has 0 amide bonds. The summed E-state index contributed by atoms with van der Waals surface area (Å²) in [4.78, 5) is 4.38. The molecule has 1 aliphatic rings. The van der Waals surface area contributed by atoms with Crippen molar-refractivity contribution >= 4 is 6.08 Å². The second-order valence-electron chi connectivity index (χ2n) is 3.17. The molecule has 1 heterocycles. The smallest absolute Gasteiger partial charge is 0.0407 e. The average Bonchev–Trinajstić information content (AvgIpc) is 2.17. The lowest BCUT2D eigenvalue weighted by atomic mass is 9.99. The zero-order valence-electron chi connectivity index (χ0n) is 7.38. The minimum Gasteiger partial charge on any atom is -0.261 e. The Morgan fingerprint density at radius 1 is 1.50 bits per heavy atom. The normalized spacial score (nSPS) is 14.4. The van der Waals surface area contributed by atoms with Crippen LogP contribution in [-0.2, 0) is 12.8 Å². The van der Waals surface area contributed by atoms with Crippen LogP contribution in [0.25, 0.3) is 6.08 Å². The number of rotatable bonds is 1. The van der Waals surface area contributed by atoms with E-state index < -0.39 is 0 Å². The van der Waals surface area contributed by atoms with Gasteiger partial charge in [0.2, 0.25) is 0 Å². The molecule has 0 fully saturated rings. The highest BCUT2D eigenvalue weighted by atomic mass is 14.7. The Hall–Kier alpha value is -1.11. The molecule has 0 saturated heterocycles. The number of fused-ring (bicyclic) bond motifs is 1. The van der Waals surface area contributed by atoms with Gasteiger partial charge in [-0.1, -0.05) is 19.1 Å². The Morgan fingerprint density at radius 3 is 3.25 bits per heavy atom. The molecule has 0 bridgehead atoms. The Morgan fingerprint density at radius 2 is 2.42 bits per heavy atom. The molecule has 1 aromatic heterocycles. The molecule has 62 valence electrons. The topological polar surface area (TPSA) is 12.9 Å². The van der Waals surface area contributed by atoms with Crippen molar-refractivity contribution in [3.63, 3.8) is 0 Å². The molecule has 12 heavy (non-hydrogen) atoms. The third-order valence-electron chi connectivity index (χ3n) is 2.32. The molecule has 1 aliphatic carbocycles. The number of hydrogen-bond donors (Lipinski definition) is 0. The van der Waals surface area contributed by atoms with Crippen molar-refractivity contribution in [3.8, 4) is 0 Å². The van der Waals surface area contributed by atoms with Gasteiger partial charge in [0.1, 0.15) is 0 Å². The Bertz CT molecular complexity index is 313. The summed E-state index contributed by atoms with van der Waals surface area (Å²) in [5, 5.41) is 0. The molecule has 0 atom stereocenters. The third-order valence-corrected chi connectivity index (χ3v) is 2.32. The van der Waals surface area contributed by atoms with E-state index in [1.165, 1.54) is 23.2 Å². The van der Waals surface area contributed by atoms with E-state index in [0.717, 1.165) is 12.8 Å². The van der Waals surface area contributed by atoms with E-state index in [-0.39, 0.29) is 0 Å². The van der Waals surface area contributed by atoms with Gasteiger partial charge >= 0.3 is 0 Å². The summed E-state index contributed by atoms with van der Waals surface area (Å²) in [5.41, 5.74) is 3.96.